The molecule has 2 heterocycles. The largest absolute Gasteiger partial charge is 0.486 e. The summed E-state index contributed by atoms with van der Waals surface area (Å²) in [5, 5.41) is 9.65. The summed E-state index contributed by atoms with van der Waals surface area (Å²) in [6.07, 6.45) is 3.63. The second-order valence-corrected chi connectivity index (χ2v) is 4.82. The third-order valence-electron chi connectivity index (χ3n) is 2.98. The molecule has 0 aliphatic carbocycles. The lowest BCUT2D eigenvalue weighted by molar-refractivity contribution is 0.0691. The van der Waals surface area contributed by atoms with Crippen LogP contribution in [0.25, 0.3) is 5.65 Å². The van der Waals surface area contributed by atoms with E-state index in [9.17, 15) is 4.79 Å². The maximum atomic E-state index is 11.1. The zero-order valence-electron chi connectivity index (χ0n) is 10.9. The van der Waals surface area contributed by atoms with Gasteiger partial charge in [0.2, 0.25) is 0 Å². The Hall–Kier alpha value is -2.53. The topological polar surface area (TPSA) is 63.8 Å². The number of aromatic nitrogens is 2. The van der Waals surface area contributed by atoms with Gasteiger partial charge in [-0.05, 0) is 24.3 Å². The monoisotopic (exact) mass is 302 g/mol. The fraction of sp³-hybridized carbons (Fsp3) is 0.0667. The Morgan fingerprint density at radius 2 is 2.10 bits per heavy atom. The number of carbonyl (C=O) groups is 1. The summed E-state index contributed by atoms with van der Waals surface area (Å²) in [6, 6.07) is 10.1. The Balaban J connectivity index is 1.84. The van der Waals surface area contributed by atoms with E-state index in [0.717, 1.165) is 0 Å². The zero-order valence-corrected chi connectivity index (χ0v) is 11.6. The Kier molecular flexibility index (Phi) is 3.50. The second-order valence-electron chi connectivity index (χ2n) is 4.41. The minimum Gasteiger partial charge on any atom is -0.486 e. The molecule has 3 rings (SSSR count). The van der Waals surface area contributed by atoms with Crippen LogP contribution in [0.4, 0.5) is 0 Å². The van der Waals surface area contributed by atoms with E-state index in [4.69, 9.17) is 21.4 Å². The van der Waals surface area contributed by atoms with Crippen molar-refractivity contribution in [2.45, 2.75) is 6.61 Å². The fourth-order valence-electron chi connectivity index (χ4n) is 2.02. The number of carboxylic acid groups (broad SMARTS) is 1. The van der Waals surface area contributed by atoms with Crippen molar-refractivity contribution >= 4 is 23.2 Å². The fourth-order valence-corrected chi connectivity index (χ4v) is 2.23. The normalized spacial score (nSPS) is 10.7. The maximum absolute atomic E-state index is 11.1. The van der Waals surface area contributed by atoms with Gasteiger partial charge in [-0.25, -0.2) is 9.78 Å². The quantitative estimate of drug-likeness (QED) is 0.803. The van der Waals surface area contributed by atoms with Crippen LogP contribution in [0.2, 0.25) is 5.02 Å². The molecule has 21 heavy (non-hydrogen) atoms. The van der Waals surface area contributed by atoms with Crippen LogP contribution in [0.1, 0.15) is 16.1 Å². The Labute approximate surface area is 125 Å². The third-order valence-corrected chi connectivity index (χ3v) is 3.27. The molecule has 5 nitrogen and oxygen atoms in total. The van der Waals surface area contributed by atoms with Gasteiger partial charge in [-0.3, -0.25) is 0 Å². The molecule has 1 aromatic carbocycles. The summed E-state index contributed by atoms with van der Waals surface area (Å²) in [5.74, 6) is -0.711. The predicted octanol–water partition coefficient (Wildman–Crippen LogP) is 3.26. The number of carboxylic acids is 1. The first-order valence-corrected chi connectivity index (χ1v) is 6.60. The van der Waals surface area contributed by atoms with Crippen LogP contribution < -0.4 is 4.74 Å². The van der Waals surface area contributed by atoms with Gasteiger partial charge < -0.3 is 14.2 Å². The number of imidazole rings is 1. The number of ether oxygens (including phenoxy) is 1. The molecule has 1 N–H and O–H groups in total. The lowest BCUT2D eigenvalue weighted by Gasteiger charge is -2.06. The Bertz CT molecular complexity index is 814. The van der Waals surface area contributed by atoms with Crippen LogP contribution in [0.15, 0.2) is 48.8 Å². The molecule has 0 aliphatic heterocycles. The number of hydrogen-bond donors (Lipinski definition) is 1. The van der Waals surface area contributed by atoms with Gasteiger partial charge in [-0.2, -0.15) is 0 Å². The molecule has 6 heteroatoms. The number of fused-ring (bicyclic) bond motifs is 1. The number of para-hydroxylation sites is 1. The average molecular weight is 303 g/mol. The lowest BCUT2D eigenvalue weighted by Crippen LogP contribution is -2.03. The predicted molar refractivity (Wildman–Crippen MR) is 77.9 cm³/mol. The maximum Gasteiger partial charge on any atom is 0.339 e. The summed E-state index contributed by atoms with van der Waals surface area (Å²) in [4.78, 5) is 15.5. The van der Waals surface area contributed by atoms with Crippen LogP contribution in [-0.4, -0.2) is 20.5 Å². The highest BCUT2D eigenvalue weighted by atomic mass is 35.5. The number of rotatable bonds is 4. The average Bonchev–Trinajstić information content (AvgIpc) is 2.90. The van der Waals surface area contributed by atoms with Crippen LogP contribution in [0, 0.1) is 0 Å². The molecular formula is C15H11ClN2O3. The molecule has 3 aromatic rings. The minimum absolute atomic E-state index is 0.124. The number of aromatic carboxylic acids is 1. The van der Waals surface area contributed by atoms with Gasteiger partial charge in [-0.1, -0.05) is 23.7 Å². The Morgan fingerprint density at radius 1 is 1.29 bits per heavy atom. The van der Waals surface area contributed by atoms with Crippen molar-refractivity contribution in [1.82, 2.24) is 9.38 Å². The molecule has 0 spiro atoms. The molecule has 0 bridgehead atoms. The van der Waals surface area contributed by atoms with Crippen LogP contribution in [-0.2, 0) is 6.61 Å². The van der Waals surface area contributed by atoms with Crippen molar-refractivity contribution in [1.29, 1.82) is 0 Å². The number of halogens is 1. The molecule has 2 aromatic heterocycles. The van der Waals surface area contributed by atoms with Gasteiger partial charge in [0.1, 0.15) is 17.9 Å². The molecular weight excluding hydrogens is 292 g/mol. The van der Waals surface area contributed by atoms with Crippen LogP contribution in [0.3, 0.4) is 0 Å². The molecule has 0 saturated heterocycles. The third kappa shape index (κ3) is 2.68. The van der Waals surface area contributed by atoms with Crippen molar-refractivity contribution in [3.8, 4) is 5.75 Å². The summed E-state index contributed by atoms with van der Waals surface area (Å²) in [6.45, 7) is 0.169. The van der Waals surface area contributed by atoms with Gasteiger partial charge in [0.05, 0.1) is 10.7 Å². The second kappa shape index (κ2) is 5.46. The molecule has 106 valence electrons. The molecule has 0 radical (unpaired) electrons. The van der Waals surface area contributed by atoms with Crippen molar-refractivity contribution < 1.29 is 14.6 Å². The smallest absolute Gasteiger partial charge is 0.339 e. The molecule has 0 atom stereocenters. The van der Waals surface area contributed by atoms with E-state index in [0.29, 0.717) is 22.1 Å². The molecule has 0 unspecified atom stereocenters. The van der Waals surface area contributed by atoms with Crippen molar-refractivity contribution in [2.24, 2.45) is 0 Å². The lowest BCUT2D eigenvalue weighted by atomic mass is 10.2. The molecule has 0 aliphatic rings. The minimum atomic E-state index is -1.02. The van der Waals surface area contributed by atoms with Gasteiger partial charge in [0.15, 0.2) is 5.65 Å². The van der Waals surface area contributed by atoms with Crippen molar-refractivity contribution in [3.63, 3.8) is 0 Å². The first-order valence-electron chi connectivity index (χ1n) is 6.22. The molecule has 0 fully saturated rings. The highest BCUT2D eigenvalue weighted by molar-refractivity contribution is 6.33. The van der Waals surface area contributed by atoms with E-state index >= 15 is 0 Å². The Morgan fingerprint density at radius 3 is 2.86 bits per heavy atom. The van der Waals surface area contributed by atoms with Gasteiger partial charge in [0.25, 0.3) is 0 Å². The molecule has 0 amide bonds. The van der Waals surface area contributed by atoms with Gasteiger partial charge in [0, 0.05) is 12.4 Å². The number of pyridine rings is 1. The standard InChI is InChI=1S/C15H11ClN2O3/c16-12-5-3-7-18-8-10(17-14(12)18)9-21-13-6-2-1-4-11(13)15(19)20/h1-8H,9H2,(H,19,20). The summed E-state index contributed by atoms with van der Waals surface area (Å²) in [5.41, 5.74) is 1.44. The zero-order chi connectivity index (χ0) is 14.8. The SMILES string of the molecule is O=C(O)c1ccccc1OCc1cn2cccc(Cl)c2n1. The van der Waals surface area contributed by atoms with Crippen LogP contribution >= 0.6 is 11.6 Å². The van der Waals surface area contributed by atoms with Gasteiger partial charge in [-0.15, -0.1) is 0 Å². The number of nitrogens with zero attached hydrogens (tertiary/aromatic N) is 2. The van der Waals surface area contributed by atoms with E-state index in [2.05, 4.69) is 4.98 Å². The number of hydrogen-bond acceptors (Lipinski definition) is 3. The van der Waals surface area contributed by atoms with E-state index in [-0.39, 0.29) is 12.2 Å². The van der Waals surface area contributed by atoms with Gasteiger partial charge >= 0.3 is 5.97 Å². The first kappa shape index (κ1) is 13.5. The highest BCUT2D eigenvalue weighted by Gasteiger charge is 2.11. The molecule has 0 saturated carbocycles. The van der Waals surface area contributed by atoms with Crippen LogP contribution in [0.5, 0.6) is 5.75 Å². The van der Waals surface area contributed by atoms with Crippen molar-refractivity contribution in [2.75, 3.05) is 0 Å². The summed E-state index contributed by atoms with van der Waals surface area (Å²) in [7, 11) is 0. The van der Waals surface area contributed by atoms with E-state index in [1.807, 2.05) is 12.3 Å². The van der Waals surface area contributed by atoms with Crippen molar-refractivity contribution in [3.05, 3.63) is 65.1 Å². The highest BCUT2D eigenvalue weighted by Crippen LogP contribution is 2.20. The van der Waals surface area contributed by atoms with E-state index < -0.39 is 5.97 Å². The van der Waals surface area contributed by atoms with E-state index in [1.165, 1.54) is 6.07 Å². The summed E-state index contributed by atoms with van der Waals surface area (Å²) >= 11 is 6.05. The van der Waals surface area contributed by atoms with E-state index in [1.54, 1.807) is 34.9 Å². The number of benzene rings is 1. The summed E-state index contributed by atoms with van der Waals surface area (Å²) < 4.78 is 7.35. The first-order chi connectivity index (χ1) is 10.1.